The molecule has 0 bridgehead atoms. The van der Waals surface area contributed by atoms with Crippen molar-refractivity contribution in [3.8, 4) is 0 Å². The van der Waals surface area contributed by atoms with Gasteiger partial charge in [0.2, 0.25) is 0 Å². The first-order valence-electron chi connectivity index (χ1n) is 5.87. The van der Waals surface area contributed by atoms with Crippen molar-refractivity contribution in [2.24, 2.45) is 17.3 Å². The molecule has 76 valence electrons. The maximum absolute atomic E-state index is 3.37. The predicted molar refractivity (Wildman–Crippen MR) is 56.7 cm³/mol. The lowest BCUT2D eigenvalue weighted by Gasteiger charge is -2.09. The van der Waals surface area contributed by atoms with Crippen LogP contribution in [0.25, 0.3) is 0 Å². The van der Waals surface area contributed by atoms with Crippen LogP contribution in [0.5, 0.6) is 0 Å². The molecule has 4 atom stereocenters. The van der Waals surface area contributed by atoms with Gasteiger partial charge < -0.3 is 5.32 Å². The standard InChI is InChI=1S/C12H23N/c1-4-10-8-12(10,2)6-5-9-7-11(9)13-3/h9-11,13H,4-8H2,1-3H3/t9-,10?,11?,12?/m1/s1. The molecule has 2 rings (SSSR count). The summed E-state index contributed by atoms with van der Waals surface area (Å²) in [6.45, 7) is 4.82. The smallest absolute Gasteiger partial charge is 0.00961 e. The summed E-state index contributed by atoms with van der Waals surface area (Å²) < 4.78 is 0. The first kappa shape index (κ1) is 9.51. The summed E-state index contributed by atoms with van der Waals surface area (Å²) >= 11 is 0. The van der Waals surface area contributed by atoms with Crippen molar-refractivity contribution in [2.45, 2.75) is 52.0 Å². The molecule has 1 nitrogen and oxygen atoms in total. The Kier molecular flexibility index (Phi) is 2.39. The largest absolute Gasteiger partial charge is 0.317 e. The molecule has 0 spiro atoms. The van der Waals surface area contributed by atoms with Gasteiger partial charge in [-0.2, -0.15) is 0 Å². The lowest BCUT2D eigenvalue weighted by Crippen LogP contribution is -2.11. The van der Waals surface area contributed by atoms with Gasteiger partial charge in [0.25, 0.3) is 0 Å². The van der Waals surface area contributed by atoms with Crippen molar-refractivity contribution in [3.63, 3.8) is 0 Å². The van der Waals surface area contributed by atoms with Crippen LogP contribution < -0.4 is 5.32 Å². The summed E-state index contributed by atoms with van der Waals surface area (Å²) in [7, 11) is 2.10. The summed E-state index contributed by atoms with van der Waals surface area (Å²) in [5.41, 5.74) is 0.746. The third-order valence-corrected chi connectivity index (χ3v) is 4.41. The Labute approximate surface area is 82.3 Å². The molecule has 0 heterocycles. The Morgan fingerprint density at radius 3 is 2.69 bits per heavy atom. The first-order valence-corrected chi connectivity index (χ1v) is 5.87. The fourth-order valence-corrected chi connectivity index (χ4v) is 2.88. The highest BCUT2D eigenvalue weighted by molar-refractivity contribution is 5.00. The van der Waals surface area contributed by atoms with Gasteiger partial charge in [-0.1, -0.05) is 20.3 Å². The molecule has 0 aliphatic heterocycles. The van der Waals surface area contributed by atoms with Crippen LogP contribution in [0.3, 0.4) is 0 Å². The van der Waals surface area contributed by atoms with E-state index in [1.807, 2.05) is 0 Å². The zero-order chi connectivity index (χ0) is 9.47. The van der Waals surface area contributed by atoms with E-state index in [4.69, 9.17) is 0 Å². The first-order chi connectivity index (χ1) is 6.19. The van der Waals surface area contributed by atoms with Crippen LogP contribution in [-0.2, 0) is 0 Å². The second-order valence-corrected chi connectivity index (χ2v) is 5.39. The summed E-state index contributed by atoms with van der Waals surface area (Å²) in [5.74, 6) is 2.07. The fourth-order valence-electron chi connectivity index (χ4n) is 2.88. The molecule has 0 aromatic rings. The molecule has 13 heavy (non-hydrogen) atoms. The summed E-state index contributed by atoms with van der Waals surface area (Å²) in [5, 5.41) is 3.37. The van der Waals surface area contributed by atoms with E-state index in [-0.39, 0.29) is 0 Å². The van der Waals surface area contributed by atoms with Crippen LogP contribution in [0.2, 0.25) is 0 Å². The van der Waals surface area contributed by atoms with Crippen molar-refractivity contribution in [2.75, 3.05) is 7.05 Å². The molecule has 2 aliphatic carbocycles. The van der Waals surface area contributed by atoms with Crippen molar-refractivity contribution in [1.82, 2.24) is 5.32 Å². The molecule has 2 fully saturated rings. The molecule has 1 N–H and O–H groups in total. The highest BCUT2D eigenvalue weighted by Crippen LogP contribution is 2.58. The zero-order valence-electron chi connectivity index (χ0n) is 9.27. The van der Waals surface area contributed by atoms with E-state index in [9.17, 15) is 0 Å². The van der Waals surface area contributed by atoms with E-state index in [0.717, 1.165) is 23.3 Å². The maximum Gasteiger partial charge on any atom is 0.00961 e. The van der Waals surface area contributed by atoms with E-state index in [0.29, 0.717) is 0 Å². The molecular formula is C12H23N. The summed E-state index contributed by atoms with van der Waals surface area (Å²) in [4.78, 5) is 0. The number of nitrogens with one attached hydrogen (secondary N) is 1. The minimum atomic E-state index is 0.746. The Balaban J connectivity index is 1.64. The van der Waals surface area contributed by atoms with Crippen molar-refractivity contribution < 1.29 is 0 Å². The Hall–Kier alpha value is -0.0400. The van der Waals surface area contributed by atoms with Gasteiger partial charge >= 0.3 is 0 Å². The lowest BCUT2D eigenvalue weighted by atomic mass is 9.97. The SMILES string of the molecule is CCC1CC1(C)CC[C@@H]1CC1NC. The third kappa shape index (κ3) is 1.90. The van der Waals surface area contributed by atoms with Crippen LogP contribution in [-0.4, -0.2) is 13.1 Å². The van der Waals surface area contributed by atoms with Crippen LogP contribution in [0.15, 0.2) is 0 Å². The average Bonchev–Trinajstić information content (AvgIpc) is 2.98. The van der Waals surface area contributed by atoms with Gasteiger partial charge in [-0.25, -0.2) is 0 Å². The molecule has 1 heteroatoms. The highest BCUT2D eigenvalue weighted by Gasteiger charge is 2.49. The van der Waals surface area contributed by atoms with Crippen LogP contribution in [0.4, 0.5) is 0 Å². The number of rotatable bonds is 5. The van der Waals surface area contributed by atoms with Gasteiger partial charge in [0.05, 0.1) is 0 Å². The molecule has 2 aliphatic rings. The topological polar surface area (TPSA) is 12.0 Å². The number of hydrogen-bond donors (Lipinski definition) is 1. The Morgan fingerprint density at radius 1 is 1.46 bits per heavy atom. The summed E-state index contributed by atoms with van der Waals surface area (Å²) in [6.07, 6.45) is 7.29. The van der Waals surface area contributed by atoms with Gasteiger partial charge in [-0.05, 0) is 50.0 Å². The van der Waals surface area contributed by atoms with Gasteiger partial charge in [0, 0.05) is 6.04 Å². The minimum Gasteiger partial charge on any atom is -0.317 e. The average molecular weight is 181 g/mol. The molecule has 2 saturated carbocycles. The molecule has 3 unspecified atom stereocenters. The highest BCUT2D eigenvalue weighted by atomic mass is 14.9. The van der Waals surface area contributed by atoms with Gasteiger partial charge in [0.15, 0.2) is 0 Å². The Morgan fingerprint density at radius 2 is 2.23 bits per heavy atom. The molecule has 0 radical (unpaired) electrons. The molecule has 0 saturated heterocycles. The number of hydrogen-bond acceptors (Lipinski definition) is 1. The molecule has 0 amide bonds. The zero-order valence-corrected chi connectivity index (χ0v) is 9.27. The molecule has 0 aromatic carbocycles. The van der Waals surface area contributed by atoms with Crippen LogP contribution in [0.1, 0.15) is 46.0 Å². The quantitative estimate of drug-likeness (QED) is 0.687. The van der Waals surface area contributed by atoms with E-state index >= 15 is 0 Å². The second kappa shape index (κ2) is 3.27. The second-order valence-electron chi connectivity index (χ2n) is 5.39. The van der Waals surface area contributed by atoms with Gasteiger partial charge in [-0.3, -0.25) is 0 Å². The van der Waals surface area contributed by atoms with Gasteiger partial charge in [0.1, 0.15) is 0 Å². The van der Waals surface area contributed by atoms with E-state index in [1.54, 1.807) is 0 Å². The maximum atomic E-state index is 3.37. The Bertz CT molecular complexity index is 190. The minimum absolute atomic E-state index is 0.746. The van der Waals surface area contributed by atoms with Gasteiger partial charge in [-0.15, -0.1) is 0 Å². The van der Waals surface area contributed by atoms with Crippen molar-refractivity contribution >= 4 is 0 Å². The fraction of sp³-hybridized carbons (Fsp3) is 1.00. The van der Waals surface area contributed by atoms with Crippen LogP contribution in [0, 0.1) is 17.3 Å². The monoisotopic (exact) mass is 181 g/mol. The van der Waals surface area contributed by atoms with Crippen LogP contribution >= 0.6 is 0 Å². The lowest BCUT2D eigenvalue weighted by molar-refractivity contribution is 0.420. The third-order valence-electron chi connectivity index (χ3n) is 4.41. The van der Waals surface area contributed by atoms with Crippen molar-refractivity contribution in [3.05, 3.63) is 0 Å². The van der Waals surface area contributed by atoms with E-state index in [2.05, 4.69) is 26.2 Å². The predicted octanol–water partition coefficient (Wildman–Crippen LogP) is 2.81. The van der Waals surface area contributed by atoms with E-state index in [1.165, 1.54) is 32.1 Å². The van der Waals surface area contributed by atoms with E-state index < -0.39 is 0 Å². The summed E-state index contributed by atoms with van der Waals surface area (Å²) in [6, 6.07) is 0.863. The normalized spacial score (nSPS) is 47.8. The molecular weight excluding hydrogens is 158 g/mol. The van der Waals surface area contributed by atoms with Crippen molar-refractivity contribution in [1.29, 1.82) is 0 Å². The molecule has 0 aromatic heterocycles.